The summed E-state index contributed by atoms with van der Waals surface area (Å²) >= 11 is 1.75. The minimum atomic E-state index is 0.238. The van der Waals surface area contributed by atoms with Crippen molar-refractivity contribution in [3.8, 4) is 0 Å². The van der Waals surface area contributed by atoms with Crippen LogP contribution in [0.3, 0.4) is 0 Å². The number of amides is 1. The zero-order valence-electron chi connectivity index (χ0n) is 13.7. The van der Waals surface area contributed by atoms with Gasteiger partial charge in [-0.05, 0) is 37.4 Å². The Balaban J connectivity index is 1.52. The van der Waals surface area contributed by atoms with Crippen LogP contribution in [-0.2, 0) is 10.5 Å². The van der Waals surface area contributed by atoms with E-state index in [-0.39, 0.29) is 5.92 Å². The third kappa shape index (κ3) is 3.31. The highest BCUT2D eigenvalue weighted by molar-refractivity contribution is 7.97. The van der Waals surface area contributed by atoms with E-state index >= 15 is 0 Å². The molecule has 2 heterocycles. The molecule has 22 heavy (non-hydrogen) atoms. The minimum absolute atomic E-state index is 0.238. The molecule has 2 atom stereocenters. The van der Waals surface area contributed by atoms with Crippen LogP contribution in [0.25, 0.3) is 0 Å². The molecule has 1 aromatic heterocycles. The van der Waals surface area contributed by atoms with E-state index in [0.717, 1.165) is 37.4 Å². The van der Waals surface area contributed by atoms with E-state index in [1.54, 1.807) is 11.8 Å². The third-order valence-electron chi connectivity index (χ3n) is 4.93. The second kappa shape index (κ2) is 6.60. The summed E-state index contributed by atoms with van der Waals surface area (Å²) in [6.07, 6.45) is 7.48. The molecule has 1 aromatic rings. The molecule has 0 bridgehead atoms. The molecule has 0 N–H and O–H groups in total. The Morgan fingerprint density at radius 3 is 2.59 bits per heavy atom. The lowest BCUT2D eigenvalue weighted by atomic mass is 9.76. The molecule has 6 heteroatoms. The van der Waals surface area contributed by atoms with Crippen molar-refractivity contribution in [3.05, 3.63) is 11.9 Å². The van der Waals surface area contributed by atoms with Crippen molar-refractivity contribution in [2.75, 3.05) is 19.3 Å². The second-order valence-electron chi connectivity index (χ2n) is 7.13. The lowest BCUT2D eigenvalue weighted by Crippen LogP contribution is -2.53. The van der Waals surface area contributed by atoms with Crippen molar-refractivity contribution < 1.29 is 4.79 Å². The van der Waals surface area contributed by atoms with Crippen LogP contribution in [0.4, 0.5) is 0 Å². The van der Waals surface area contributed by atoms with Gasteiger partial charge in [0.25, 0.3) is 0 Å². The lowest BCUT2D eigenvalue weighted by molar-refractivity contribution is -0.143. The number of aromatic nitrogens is 3. The Kier molecular flexibility index (Phi) is 4.76. The van der Waals surface area contributed by atoms with Gasteiger partial charge in [-0.25, -0.2) is 4.68 Å². The summed E-state index contributed by atoms with van der Waals surface area (Å²) in [6, 6.07) is 0.311. The van der Waals surface area contributed by atoms with Crippen LogP contribution in [0.5, 0.6) is 0 Å². The summed E-state index contributed by atoms with van der Waals surface area (Å²) in [5.74, 6) is 2.85. The van der Waals surface area contributed by atoms with E-state index in [9.17, 15) is 4.79 Å². The molecule has 2 aliphatic rings. The quantitative estimate of drug-likeness (QED) is 0.855. The monoisotopic (exact) mass is 322 g/mol. The Morgan fingerprint density at radius 2 is 1.95 bits per heavy atom. The molecule has 0 spiro atoms. The van der Waals surface area contributed by atoms with Gasteiger partial charge < -0.3 is 4.90 Å². The molecule has 1 saturated heterocycles. The van der Waals surface area contributed by atoms with Crippen molar-refractivity contribution in [1.29, 1.82) is 0 Å². The van der Waals surface area contributed by atoms with Crippen molar-refractivity contribution in [2.24, 2.45) is 17.8 Å². The summed E-state index contributed by atoms with van der Waals surface area (Å²) < 4.78 is 1.93. The SMILES string of the molecule is CSCc1cn(C2CN(C(=O)C3CC(C)CC(C)C3)C2)nn1. The van der Waals surface area contributed by atoms with Gasteiger partial charge in [0, 0.05) is 31.0 Å². The van der Waals surface area contributed by atoms with Crippen molar-refractivity contribution >= 4 is 17.7 Å². The topological polar surface area (TPSA) is 51.0 Å². The van der Waals surface area contributed by atoms with Gasteiger partial charge in [0.1, 0.15) is 0 Å². The highest BCUT2D eigenvalue weighted by atomic mass is 32.2. The van der Waals surface area contributed by atoms with Crippen molar-refractivity contribution in [3.63, 3.8) is 0 Å². The van der Waals surface area contributed by atoms with Crippen molar-refractivity contribution in [1.82, 2.24) is 19.9 Å². The first-order valence-corrected chi connectivity index (χ1v) is 9.64. The van der Waals surface area contributed by atoms with Gasteiger partial charge in [-0.1, -0.05) is 19.1 Å². The molecule has 1 aliphatic heterocycles. The number of hydrogen-bond donors (Lipinski definition) is 0. The predicted molar refractivity (Wildman–Crippen MR) is 88.5 cm³/mol. The first kappa shape index (κ1) is 15.8. The smallest absolute Gasteiger partial charge is 0.225 e. The summed E-state index contributed by atoms with van der Waals surface area (Å²) in [5, 5.41) is 8.38. The lowest BCUT2D eigenvalue weighted by Gasteiger charge is -2.42. The van der Waals surface area contributed by atoms with Crippen LogP contribution < -0.4 is 0 Å². The number of rotatable bonds is 4. The van der Waals surface area contributed by atoms with Gasteiger partial charge in [-0.15, -0.1) is 5.10 Å². The minimum Gasteiger partial charge on any atom is -0.338 e. The summed E-state index contributed by atoms with van der Waals surface area (Å²) in [4.78, 5) is 14.6. The van der Waals surface area contributed by atoms with E-state index < -0.39 is 0 Å². The molecule has 0 radical (unpaired) electrons. The van der Waals surface area contributed by atoms with Crippen LogP contribution in [0.15, 0.2) is 6.20 Å². The number of carbonyl (C=O) groups is 1. The maximum Gasteiger partial charge on any atom is 0.225 e. The maximum atomic E-state index is 12.6. The second-order valence-corrected chi connectivity index (χ2v) is 8.00. The van der Waals surface area contributed by atoms with Gasteiger partial charge in [-0.2, -0.15) is 11.8 Å². The van der Waals surface area contributed by atoms with Gasteiger partial charge >= 0.3 is 0 Å². The normalized spacial score (nSPS) is 29.4. The van der Waals surface area contributed by atoms with Crippen molar-refractivity contribution in [2.45, 2.75) is 44.9 Å². The standard InChI is InChI=1S/C16H26N4OS/c1-11-4-12(2)6-13(5-11)16(21)19-8-15(9-19)20-7-14(10-22-3)17-18-20/h7,11-13,15H,4-6,8-10H2,1-3H3. The molecule has 122 valence electrons. The van der Waals surface area contributed by atoms with Crippen LogP contribution in [0, 0.1) is 17.8 Å². The molecule has 3 rings (SSSR count). The fourth-order valence-electron chi connectivity index (χ4n) is 3.92. The summed E-state index contributed by atoms with van der Waals surface area (Å²) in [6.45, 7) is 6.13. The van der Waals surface area contributed by atoms with Crippen LogP contribution in [0.1, 0.15) is 44.8 Å². The largest absolute Gasteiger partial charge is 0.338 e. The molecular weight excluding hydrogens is 296 g/mol. The van der Waals surface area contributed by atoms with E-state index in [4.69, 9.17) is 0 Å². The number of thioether (sulfide) groups is 1. The number of hydrogen-bond acceptors (Lipinski definition) is 4. The molecular formula is C16H26N4OS. The molecule has 0 aromatic carbocycles. The molecule has 1 amide bonds. The third-order valence-corrected chi connectivity index (χ3v) is 5.51. The van der Waals surface area contributed by atoms with E-state index in [0.29, 0.717) is 23.8 Å². The van der Waals surface area contributed by atoms with Gasteiger partial charge in [0.05, 0.1) is 11.7 Å². The Labute approximate surface area is 136 Å². The Morgan fingerprint density at radius 1 is 1.27 bits per heavy atom. The van der Waals surface area contributed by atoms with Crippen LogP contribution in [-0.4, -0.2) is 45.1 Å². The number of likely N-dealkylation sites (tertiary alicyclic amines) is 1. The highest BCUT2D eigenvalue weighted by Gasteiger charge is 2.38. The average molecular weight is 322 g/mol. The predicted octanol–water partition coefficient (Wildman–Crippen LogP) is 2.60. The number of nitrogens with zero attached hydrogens (tertiary/aromatic N) is 4. The number of carbonyl (C=O) groups excluding carboxylic acids is 1. The summed E-state index contributed by atoms with van der Waals surface area (Å²) in [7, 11) is 0. The van der Waals surface area contributed by atoms with Gasteiger partial charge in [-0.3, -0.25) is 4.79 Å². The van der Waals surface area contributed by atoms with Crippen LogP contribution in [0.2, 0.25) is 0 Å². The van der Waals surface area contributed by atoms with E-state index in [1.807, 2.05) is 15.8 Å². The van der Waals surface area contributed by atoms with E-state index in [2.05, 4.69) is 30.4 Å². The van der Waals surface area contributed by atoms with Gasteiger partial charge in [0.15, 0.2) is 0 Å². The molecule has 1 aliphatic carbocycles. The molecule has 2 unspecified atom stereocenters. The zero-order valence-corrected chi connectivity index (χ0v) is 14.6. The first-order valence-electron chi connectivity index (χ1n) is 8.25. The fraction of sp³-hybridized carbons (Fsp3) is 0.812. The first-order chi connectivity index (χ1) is 10.6. The van der Waals surface area contributed by atoms with Gasteiger partial charge in [0.2, 0.25) is 5.91 Å². The fourth-order valence-corrected chi connectivity index (χ4v) is 4.34. The van der Waals surface area contributed by atoms with E-state index in [1.165, 1.54) is 6.42 Å². The average Bonchev–Trinajstić information content (AvgIpc) is 2.84. The van der Waals surface area contributed by atoms with Crippen LogP contribution >= 0.6 is 11.8 Å². The highest BCUT2D eigenvalue weighted by Crippen LogP contribution is 2.35. The summed E-state index contributed by atoms with van der Waals surface area (Å²) in [5.41, 5.74) is 1.02. The Bertz CT molecular complexity index is 516. The Hall–Kier alpha value is -1.04. The molecule has 1 saturated carbocycles. The zero-order chi connectivity index (χ0) is 15.7. The molecule has 5 nitrogen and oxygen atoms in total. The maximum absolute atomic E-state index is 12.6. The molecule has 2 fully saturated rings.